The molecule has 4 aliphatic rings. The maximum Gasteiger partial charge on any atom is 0.406 e. The molecule has 192 valence electrons. The number of ether oxygens (including phenoxy) is 1. The second-order valence-electron chi connectivity index (χ2n) is 10.4. The summed E-state index contributed by atoms with van der Waals surface area (Å²) in [4.78, 5) is 33.8. The van der Waals surface area contributed by atoms with E-state index in [9.17, 15) is 22.8 Å². The maximum absolute atomic E-state index is 13.5. The van der Waals surface area contributed by atoms with Gasteiger partial charge >= 0.3 is 6.18 Å². The molecule has 4 heterocycles. The fourth-order valence-electron chi connectivity index (χ4n) is 6.57. The fraction of sp³-hybridized carbons (Fsp3) is 0.708. The number of halogens is 3. The summed E-state index contributed by atoms with van der Waals surface area (Å²) in [6.45, 7) is 3.86. The van der Waals surface area contributed by atoms with Crippen LogP contribution >= 0.6 is 0 Å². The number of amides is 2. The number of alkyl halides is 3. The molecule has 4 fully saturated rings. The van der Waals surface area contributed by atoms with Crippen molar-refractivity contribution < 1.29 is 27.5 Å². The topological polar surface area (TPSA) is 86.8 Å². The Balaban J connectivity index is 1.42. The van der Waals surface area contributed by atoms with Crippen LogP contribution < -0.4 is 10.9 Å². The Bertz CT molecular complexity index is 966. The lowest BCUT2D eigenvalue weighted by molar-refractivity contribution is -0.178. The van der Waals surface area contributed by atoms with Gasteiger partial charge in [0, 0.05) is 37.9 Å². The van der Waals surface area contributed by atoms with E-state index in [0.717, 1.165) is 16.9 Å². The normalized spacial score (nSPS) is 35.6. The SMILES string of the molecule is C[C@@H]1CN(C(=O)c2ncccc2C2CCC3C4NNCC4C(=O)N(CC(F)(F)F)C3C2)C[C@H](C)O1. The zero-order valence-corrected chi connectivity index (χ0v) is 19.9. The van der Waals surface area contributed by atoms with Gasteiger partial charge in [0.15, 0.2) is 0 Å². The van der Waals surface area contributed by atoms with E-state index in [1.54, 1.807) is 17.2 Å². The highest BCUT2D eigenvalue weighted by Gasteiger charge is 2.54. The van der Waals surface area contributed by atoms with Gasteiger partial charge in [-0.05, 0) is 56.6 Å². The fourth-order valence-corrected chi connectivity index (χ4v) is 6.57. The van der Waals surface area contributed by atoms with Crippen molar-refractivity contribution in [1.29, 1.82) is 0 Å². The van der Waals surface area contributed by atoms with Crippen LogP contribution in [0.4, 0.5) is 13.2 Å². The predicted molar refractivity (Wildman–Crippen MR) is 120 cm³/mol. The van der Waals surface area contributed by atoms with Gasteiger partial charge in [-0.25, -0.2) is 0 Å². The number of aromatic nitrogens is 1. The lowest BCUT2D eigenvalue weighted by Crippen LogP contribution is -2.63. The van der Waals surface area contributed by atoms with Crippen molar-refractivity contribution in [3.63, 3.8) is 0 Å². The number of nitrogens with one attached hydrogen (secondary N) is 2. The third-order valence-corrected chi connectivity index (χ3v) is 7.89. The summed E-state index contributed by atoms with van der Waals surface area (Å²) in [6.07, 6.45) is -1.31. The van der Waals surface area contributed by atoms with E-state index in [1.165, 1.54) is 0 Å². The second-order valence-corrected chi connectivity index (χ2v) is 10.4. The van der Waals surface area contributed by atoms with Crippen LogP contribution in [0, 0.1) is 11.8 Å². The maximum atomic E-state index is 13.5. The van der Waals surface area contributed by atoms with Gasteiger partial charge in [-0.1, -0.05) is 6.07 Å². The first kappa shape index (κ1) is 24.5. The number of carbonyl (C=O) groups excluding carboxylic acids is 2. The van der Waals surface area contributed by atoms with E-state index < -0.39 is 30.6 Å². The number of morpholine rings is 1. The number of pyridine rings is 1. The zero-order valence-electron chi connectivity index (χ0n) is 19.9. The third-order valence-electron chi connectivity index (χ3n) is 7.89. The lowest BCUT2D eigenvalue weighted by atomic mass is 9.67. The molecule has 1 saturated carbocycles. The van der Waals surface area contributed by atoms with Crippen LogP contribution in [0.15, 0.2) is 18.3 Å². The number of hydrogen-bond donors (Lipinski definition) is 2. The van der Waals surface area contributed by atoms with Gasteiger partial charge < -0.3 is 14.5 Å². The minimum absolute atomic E-state index is 0.0805. The second kappa shape index (κ2) is 9.33. The molecule has 2 N–H and O–H groups in total. The summed E-state index contributed by atoms with van der Waals surface area (Å²) in [7, 11) is 0. The molecule has 3 saturated heterocycles. The average Bonchev–Trinajstić information content (AvgIpc) is 3.30. The van der Waals surface area contributed by atoms with Crippen molar-refractivity contribution in [2.24, 2.45) is 11.8 Å². The van der Waals surface area contributed by atoms with Gasteiger partial charge in [0.1, 0.15) is 12.2 Å². The number of rotatable bonds is 3. The Morgan fingerprint density at radius 3 is 2.69 bits per heavy atom. The lowest BCUT2D eigenvalue weighted by Gasteiger charge is -2.50. The Morgan fingerprint density at radius 2 is 1.97 bits per heavy atom. The van der Waals surface area contributed by atoms with Crippen molar-refractivity contribution in [2.45, 2.75) is 69.5 Å². The molecule has 0 aromatic carbocycles. The minimum Gasteiger partial charge on any atom is -0.372 e. The van der Waals surface area contributed by atoms with E-state index in [2.05, 4.69) is 15.8 Å². The molecule has 0 bridgehead atoms. The van der Waals surface area contributed by atoms with E-state index in [1.807, 2.05) is 19.9 Å². The molecule has 1 aromatic rings. The van der Waals surface area contributed by atoms with Crippen molar-refractivity contribution in [2.75, 3.05) is 26.2 Å². The number of likely N-dealkylation sites (tertiary alicyclic amines) is 1. The molecule has 1 aromatic heterocycles. The number of hydrogen-bond acceptors (Lipinski definition) is 6. The quantitative estimate of drug-likeness (QED) is 0.668. The molecular weight excluding hydrogens is 463 g/mol. The van der Waals surface area contributed by atoms with Crippen LogP contribution in [0.1, 0.15) is 55.1 Å². The molecule has 8 nitrogen and oxygen atoms in total. The van der Waals surface area contributed by atoms with Crippen molar-refractivity contribution >= 4 is 11.8 Å². The first-order valence-electron chi connectivity index (χ1n) is 12.4. The summed E-state index contributed by atoms with van der Waals surface area (Å²) < 4.78 is 46.2. The summed E-state index contributed by atoms with van der Waals surface area (Å²) in [5.74, 6) is -1.36. The highest BCUT2D eigenvalue weighted by atomic mass is 19.4. The largest absolute Gasteiger partial charge is 0.406 e. The predicted octanol–water partition coefficient (Wildman–Crippen LogP) is 2.08. The van der Waals surface area contributed by atoms with Crippen LogP contribution in [0.3, 0.4) is 0 Å². The van der Waals surface area contributed by atoms with E-state index in [4.69, 9.17) is 4.74 Å². The number of fused-ring (bicyclic) bond motifs is 3. The van der Waals surface area contributed by atoms with Crippen LogP contribution in [0.25, 0.3) is 0 Å². The molecular formula is C24H32F3N5O3. The Labute approximate surface area is 202 Å². The molecule has 5 unspecified atom stereocenters. The van der Waals surface area contributed by atoms with Gasteiger partial charge in [-0.2, -0.15) is 13.2 Å². The van der Waals surface area contributed by atoms with Crippen molar-refractivity contribution in [3.8, 4) is 0 Å². The van der Waals surface area contributed by atoms with Gasteiger partial charge in [0.25, 0.3) is 5.91 Å². The molecule has 5 rings (SSSR count). The molecule has 7 atom stereocenters. The number of nitrogens with zero attached hydrogens (tertiary/aromatic N) is 3. The number of carbonyl (C=O) groups is 2. The Morgan fingerprint density at radius 1 is 1.23 bits per heavy atom. The monoisotopic (exact) mass is 495 g/mol. The van der Waals surface area contributed by atoms with Crippen LogP contribution in [-0.2, 0) is 9.53 Å². The number of piperidine rings is 1. The zero-order chi connectivity index (χ0) is 24.9. The van der Waals surface area contributed by atoms with Crippen LogP contribution in [-0.4, -0.2) is 83.2 Å². The summed E-state index contributed by atoms with van der Waals surface area (Å²) >= 11 is 0. The van der Waals surface area contributed by atoms with Gasteiger partial charge in [0.05, 0.1) is 18.1 Å². The summed E-state index contributed by atoms with van der Waals surface area (Å²) in [5, 5.41) is 0. The van der Waals surface area contributed by atoms with E-state index in [0.29, 0.717) is 38.2 Å². The molecule has 1 aliphatic carbocycles. The molecule has 35 heavy (non-hydrogen) atoms. The highest BCUT2D eigenvalue weighted by Crippen LogP contribution is 2.45. The van der Waals surface area contributed by atoms with Crippen LogP contribution in [0.5, 0.6) is 0 Å². The van der Waals surface area contributed by atoms with E-state index in [-0.39, 0.29) is 36.0 Å². The molecule has 0 radical (unpaired) electrons. The van der Waals surface area contributed by atoms with Crippen molar-refractivity contribution in [3.05, 3.63) is 29.6 Å². The van der Waals surface area contributed by atoms with Gasteiger partial charge in [-0.15, -0.1) is 0 Å². The Kier molecular flexibility index (Phi) is 6.52. The summed E-state index contributed by atoms with van der Waals surface area (Å²) in [5.41, 5.74) is 7.21. The summed E-state index contributed by atoms with van der Waals surface area (Å²) in [6, 6.07) is 2.89. The molecule has 11 heteroatoms. The van der Waals surface area contributed by atoms with E-state index >= 15 is 0 Å². The Hall–Kier alpha value is -2.24. The van der Waals surface area contributed by atoms with Gasteiger partial charge in [0.2, 0.25) is 5.91 Å². The molecule has 2 amide bonds. The van der Waals surface area contributed by atoms with Gasteiger partial charge in [-0.3, -0.25) is 25.4 Å². The highest BCUT2D eigenvalue weighted by molar-refractivity contribution is 5.94. The number of hydrazine groups is 1. The van der Waals surface area contributed by atoms with Crippen LogP contribution in [0.2, 0.25) is 0 Å². The average molecular weight is 496 g/mol. The molecule has 0 spiro atoms. The van der Waals surface area contributed by atoms with Crippen molar-refractivity contribution in [1.82, 2.24) is 25.6 Å². The third kappa shape index (κ3) is 4.77. The standard InChI is InChI=1S/C24H32F3N5O3/c1-13-10-31(11-14(2)35-13)23(34)21-16(4-3-7-28-21)15-5-6-17-19(8-15)32(12-24(25,26)27)22(33)18-9-29-30-20(17)18/h3-4,7,13-15,17-20,29-30H,5-6,8-12H2,1-2H3/t13-,14+,15?,17?,18?,19?,20?. The smallest absolute Gasteiger partial charge is 0.372 e. The first-order valence-corrected chi connectivity index (χ1v) is 12.4. The minimum atomic E-state index is -4.47. The molecule has 3 aliphatic heterocycles. The first-order chi connectivity index (χ1) is 16.6.